The van der Waals surface area contributed by atoms with Crippen molar-refractivity contribution in [2.24, 2.45) is 11.7 Å². The summed E-state index contributed by atoms with van der Waals surface area (Å²) in [5.41, 5.74) is 6.65. The molecule has 1 rings (SSSR count). The highest BCUT2D eigenvalue weighted by Crippen LogP contribution is 2.09. The van der Waals surface area contributed by atoms with Gasteiger partial charge in [-0.15, -0.1) is 0 Å². The van der Waals surface area contributed by atoms with Gasteiger partial charge >= 0.3 is 0 Å². The Kier molecular flexibility index (Phi) is 5.69. The number of carbonyl (C=O) groups excluding carboxylic acids is 1. The molecule has 5 nitrogen and oxygen atoms in total. The number of rotatable bonds is 7. The van der Waals surface area contributed by atoms with Crippen LogP contribution in [0.5, 0.6) is 0 Å². The lowest BCUT2D eigenvalue weighted by Crippen LogP contribution is -2.28. The quantitative estimate of drug-likeness (QED) is 0.667. The maximum absolute atomic E-state index is 11.7. The number of aromatic nitrogens is 2. The van der Waals surface area contributed by atoms with Crippen LogP contribution in [0.4, 0.5) is 0 Å². The maximum Gasteiger partial charge on any atom is 0.223 e. The Morgan fingerprint density at radius 3 is 2.88 bits per heavy atom. The third-order valence-corrected chi connectivity index (χ3v) is 2.77. The van der Waals surface area contributed by atoms with Crippen LogP contribution in [0, 0.1) is 5.92 Å². The molecule has 1 amide bonds. The molecule has 0 fully saturated rings. The highest BCUT2D eigenvalue weighted by molar-refractivity contribution is 5.78. The molecule has 1 aromatic heterocycles. The normalized spacial score (nSPS) is 14.3. The molecule has 4 N–H and O–H groups in total. The van der Waals surface area contributed by atoms with E-state index in [1.807, 2.05) is 13.8 Å². The van der Waals surface area contributed by atoms with Gasteiger partial charge in [-0.25, -0.2) is 0 Å². The van der Waals surface area contributed by atoms with E-state index in [1.165, 1.54) is 0 Å². The zero-order valence-electron chi connectivity index (χ0n) is 10.6. The lowest BCUT2D eigenvalue weighted by Gasteiger charge is -2.12. The molecule has 0 aliphatic heterocycles. The summed E-state index contributed by atoms with van der Waals surface area (Å²) in [5, 5.41) is 9.43. The van der Waals surface area contributed by atoms with Crippen molar-refractivity contribution in [2.75, 3.05) is 0 Å². The van der Waals surface area contributed by atoms with Gasteiger partial charge in [0.2, 0.25) is 5.91 Å². The van der Waals surface area contributed by atoms with E-state index in [9.17, 15) is 4.79 Å². The molecule has 2 unspecified atom stereocenters. The molecule has 0 saturated carbocycles. The molecule has 0 aromatic carbocycles. The first-order chi connectivity index (χ1) is 8.09. The maximum atomic E-state index is 11.7. The van der Waals surface area contributed by atoms with Gasteiger partial charge in [-0.2, -0.15) is 5.10 Å². The molecule has 0 radical (unpaired) electrons. The second-order valence-corrected chi connectivity index (χ2v) is 4.63. The zero-order chi connectivity index (χ0) is 12.7. The van der Waals surface area contributed by atoms with Crippen LogP contribution in [0.1, 0.15) is 38.7 Å². The highest BCUT2D eigenvalue weighted by Gasteiger charge is 2.12. The van der Waals surface area contributed by atoms with Crippen LogP contribution in [0.15, 0.2) is 12.4 Å². The molecule has 1 aromatic rings. The minimum absolute atomic E-state index is 0.0423. The van der Waals surface area contributed by atoms with E-state index >= 15 is 0 Å². The largest absolute Gasteiger partial charge is 0.352 e. The summed E-state index contributed by atoms with van der Waals surface area (Å²) in [4.78, 5) is 11.7. The lowest BCUT2D eigenvalue weighted by molar-refractivity contribution is -0.124. The van der Waals surface area contributed by atoms with E-state index < -0.39 is 0 Å². The number of nitrogens with one attached hydrogen (secondary N) is 2. The molecule has 5 heteroatoms. The van der Waals surface area contributed by atoms with Crippen molar-refractivity contribution in [1.82, 2.24) is 15.5 Å². The predicted molar refractivity (Wildman–Crippen MR) is 67.1 cm³/mol. The molecule has 1 heterocycles. The van der Waals surface area contributed by atoms with Crippen molar-refractivity contribution in [3.8, 4) is 0 Å². The van der Waals surface area contributed by atoms with Gasteiger partial charge in [0.05, 0.1) is 6.20 Å². The van der Waals surface area contributed by atoms with E-state index in [1.54, 1.807) is 12.4 Å². The van der Waals surface area contributed by atoms with E-state index in [2.05, 4.69) is 15.5 Å². The molecule has 96 valence electrons. The Morgan fingerprint density at radius 2 is 2.29 bits per heavy atom. The van der Waals surface area contributed by atoms with E-state index in [0.29, 0.717) is 6.54 Å². The number of hydrogen-bond donors (Lipinski definition) is 3. The molecule has 0 aliphatic carbocycles. The van der Waals surface area contributed by atoms with Gasteiger partial charge in [0.25, 0.3) is 0 Å². The average molecular weight is 238 g/mol. The summed E-state index contributed by atoms with van der Waals surface area (Å²) in [5.74, 6) is 0.136. The van der Waals surface area contributed by atoms with Crippen molar-refractivity contribution >= 4 is 5.91 Å². The van der Waals surface area contributed by atoms with Gasteiger partial charge in [0.15, 0.2) is 0 Å². The molecule has 0 bridgehead atoms. The summed E-state index contributed by atoms with van der Waals surface area (Å²) >= 11 is 0. The summed E-state index contributed by atoms with van der Waals surface area (Å²) in [7, 11) is 0. The van der Waals surface area contributed by atoms with Crippen molar-refractivity contribution in [3.63, 3.8) is 0 Å². The molecule has 0 saturated heterocycles. The van der Waals surface area contributed by atoms with Gasteiger partial charge in [0.1, 0.15) is 0 Å². The number of amides is 1. The van der Waals surface area contributed by atoms with Crippen LogP contribution in [0.2, 0.25) is 0 Å². The first-order valence-corrected chi connectivity index (χ1v) is 6.10. The summed E-state index contributed by atoms with van der Waals surface area (Å²) < 4.78 is 0. The Hall–Kier alpha value is -1.36. The predicted octanol–water partition coefficient (Wildman–Crippen LogP) is 1.18. The van der Waals surface area contributed by atoms with Crippen LogP contribution in [-0.2, 0) is 11.3 Å². The number of carbonyl (C=O) groups is 1. The van der Waals surface area contributed by atoms with E-state index in [-0.39, 0.29) is 17.9 Å². The second kappa shape index (κ2) is 7.06. The summed E-state index contributed by atoms with van der Waals surface area (Å²) in [6, 6.07) is 0.219. The topological polar surface area (TPSA) is 83.8 Å². The Labute approximate surface area is 102 Å². The van der Waals surface area contributed by atoms with Crippen LogP contribution < -0.4 is 11.1 Å². The standard InChI is InChI=1S/C12H22N4O/c1-9(4-3-5-10(2)13)12(17)14-6-11-7-15-16-8-11/h7-10H,3-6,13H2,1-2H3,(H,14,17)(H,15,16). The van der Waals surface area contributed by atoms with Crippen LogP contribution in [-0.4, -0.2) is 22.1 Å². The molecule has 0 spiro atoms. The van der Waals surface area contributed by atoms with Gasteiger partial charge in [-0.05, 0) is 19.8 Å². The smallest absolute Gasteiger partial charge is 0.223 e. The van der Waals surface area contributed by atoms with Crippen LogP contribution in [0.25, 0.3) is 0 Å². The van der Waals surface area contributed by atoms with Crippen molar-refractivity contribution < 1.29 is 4.79 Å². The number of hydrogen-bond acceptors (Lipinski definition) is 3. The Balaban J connectivity index is 2.18. The lowest BCUT2D eigenvalue weighted by atomic mass is 10.0. The number of nitrogens with zero attached hydrogens (tertiary/aromatic N) is 1. The first kappa shape index (κ1) is 13.7. The monoisotopic (exact) mass is 238 g/mol. The third-order valence-electron chi connectivity index (χ3n) is 2.77. The molecular weight excluding hydrogens is 216 g/mol. The number of aromatic amines is 1. The highest BCUT2D eigenvalue weighted by atomic mass is 16.1. The van der Waals surface area contributed by atoms with Gasteiger partial charge < -0.3 is 11.1 Å². The zero-order valence-corrected chi connectivity index (χ0v) is 10.6. The van der Waals surface area contributed by atoms with Crippen molar-refractivity contribution in [2.45, 2.75) is 45.7 Å². The van der Waals surface area contributed by atoms with Crippen molar-refractivity contribution in [3.05, 3.63) is 18.0 Å². The number of H-pyrrole nitrogens is 1. The first-order valence-electron chi connectivity index (χ1n) is 6.10. The molecule has 17 heavy (non-hydrogen) atoms. The fourth-order valence-corrected chi connectivity index (χ4v) is 1.61. The van der Waals surface area contributed by atoms with Crippen molar-refractivity contribution in [1.29, 1.82) is 0 Å². The second-order valence-electron chi connectivity index (χ2n) is 4.63. The van der Waals surface area contributed by atoms with Gasteiger partial charge in [-0.3, -0.25) is 9.89 Å². The SMILES string of the molecule is CC(N)CCCC(C)C(=O)NCc1cn[nH]c1. The Bertz CT molecular complexity index is 321. The fourth-order valence-electron chi connectivity index (χ4n) is 1.61. The summed E-state index contributed by atoms with van der Waals surface area (Å²) in [6.45, 7) is 4.47. The summed E-state index contributed by atoms with van der Waals surface area (Å²) in [6.07, 6.45) is 6.35. The van der Waals surface area contributed by atoms with Gasteiger partial charge in [-0.1, -0.05) is 13.3 Å². The third kappa shape index (κ3) is 5.49. The number of nitrogens with two attached hydrogens (primary N) is 1. The molecular formula is C12H22N4O. The van der Waals surface area contributed by atoms with Gasteiger partial charge in [0, 0.05) is 30.3 Å². The Morgan fingerprint density at radius 1 is 1.53 bits per heavy atom. The fraction of sp³-hybridized carbons (Fsp3) is 0.667. The van der Waals surface area contributed by atoms with E-state index in [0.717, 1.165) is 24.8 Å². The minimum atomic E-state index is 0.0423. The molecule has 2 atom stereocenters. The van der Waals surface area contributed by atoms with Crippen LogP contribution in [0.3, 0.4) is 0 Å². The average Bonchev–Trinajstić information content (AvgIpc) is 2.78. The van der Waals surface area contributed by atoms with E-state index in [4.69, 9.17) is 5.73 Å². The van der Waals surface area contributed by atoms with Crippen LogP contribution >= 0.6 is 0 Å². The molecule has 0 aliphatic rings. The minimum Gasteiger partial charge on any atom is -0.352 e.